The summed E-state index contributed by atoms with van der Waals surface area (Å²) in [5.74, 6) is 0.225. The molecule has 0 aliphatic carbocycles. The molecule has 5 nitrogen and oxygen atoms in total. The summed E-state index contributed by atoms with van der Waals surface area (Å²) in [4.78, 5) is 20.7. The van der Waals surface area contributed by atoms with Crippen molar-refractivity contribution < 1.29 is 9.90 Å². The topological polar surface area (TPSA) is 56.7 Å². The van der Waals surface area contributed by atoms with Crippen molar-refractivity contribution in [2.45, 2.75) is 32.7 Å². The minimum Gasteiger partial charge on any atom is -0.396 e. The first-order chi connectivity index (χ1) is 9.69. The van der Waals surface area contributed by atoms with Crippen LogP contribution in [0.4, 0.5) is 0 Å². The molecule has 1 aromatic rings. The Bertz CT molecular complexity index is 428. The van der Waals surface area contributed by atoms with Crippen LogP contribution in [0.15, 0.2) is 5.38 Å². The van der Waals surface area contributed by atoms with E-state index in [4.69, 9.17) is 5.11 Å². The van der Waals surface area contributed by atoms with Crippen molar-refractivity contribution in [2.75, 3.05) is 32.8 Å². The number of hydrogen-bond acceptors (Lipinski definition) is 5. The van der Waals surface area contributed by atoms with Gasteiger partial charge in [0.05, 0.1) is 10.7 Å². The number of hydrogen-bond donors (Lipinski definition) is 1. The van der Waals surface area contributed by atoms with Crippen LogP contribution in [0.1, 0.15) is 30.0 Å². The second-order valence-electron chi connectivity index (χ2n) is 5.20. The number of carbonyl (C=O) groups excluding carboxylic acids is 1. The van der Waals surface area contributed by atoms with E-state index in [1.807, 2.05) is 11.8 Å². The summed E-state index contributed by atoms with van der Waals surface area (Å²) < 4.78 is 0. The zero-order chi connectivity index (χ0) is 14.4. The van der Waals surface area contributed by atoms with Gasteiger partial charge in [-0.3, -0.25) is 9.69 Å². The van der Waals surface area contributed by atoms with Gasteiger partial charge in [0.2, 0.25) is 5.91 Å². The third-order valence-electron chi connectivity index (χ3n) is 3.58. The van der Waals surface area contributed by atoms with Gasteiger partial charge in [-0.05, 0) is 19.8 Å². The van der Waals surface area contributed by atoms with Gasteiger partial charge in [0.25, 0.3) is 0 Å². The van der Waals surface area contributed by atoms with Crippen LogP contribution in [0.3, 0.4) is 0 Å². The number of thiazole rings is 1. The normalized spacial score (nSPS) is 16.6. The predicted octanol–water partition coefficient (Wildman–Crippen LogP) is 1.26. The Morgan fingerprint density at radius 2 is 2.10 bits per heavy atom. The smallest absolute Gasteiger partial charge is 0.222 e. The van der Waals surface area contributed by atoms with Crippen LogP contribution in [0.5, 0.6) is 0 Å². The van der Waals surface area contributed by atoms with Crippen LogP contribution in [-0.2, 0) is 11.3 Å². The standard InChI is InChI=1S/C14H23N3O2S/c1-12-15-13(11-20-12)10-16-5-7-17(8-6-16)14(19)4-2-3-9-18/h11,18H,2-10H2,1H3. The van der Waals surface area contributed by atoms with Gasteiger partial charge in [0, 0.05) is 51.1 Å². The van der Waals surface area contributed by atoms with Crippen molar-refractivity contribution in [3.8, 4) is 0 Å². The van der Waals surface area contributed by atoms with Crippen molar-refractivity contribution in [2.24, 2.45) is 0 Å². The van der Waals surface area contributed by atoms with Gasteiger partial charge in [0.15, 0.2) is 0 Å². The molecule has 0 spiro atoms. The zero-order valence-electron chi connectivity index (χ0n) is 12.0. The molecule has 0 bridgehead atoms. The lowest BCUT2D eigenvalue weighted by Gasteiger charge is -2.34. The summed E-state index contributed by atoms with van der Waals surface area (Å²) >= 11 is 1.69. The molecule has 0 atom stereocenters. The fourth-order valence-electron chi connectivity index (χ4n) is 2.41. The monoisotopic (exact) mass is 297 g/mol. The number of aliphatic hydroxyl groups excluding tert-OH is 1. The fraction of sp³-hybridized carbons (Fsp3) is 0.714. The van der Waals surface area contributed by atoms with Crippen molar-refractivity contribution in [3.63, 3.8) is 0 Å². The number of aromatic nitrogens is 1. The van der Waals surface area contributed by atoms with Crippen LogP contribution in [0.2, 0.25) is 0 Å². The van der Waals surface area contributed by atoms with Crippen molar-refractivity contribution in [1.82, 2.24) is 14.8 Å². The van der Waals surface area contributed by atoms with Crippen LogP contribution < -0.4 is 0 Å². The third kappa shape index (κ3) is 4.54. The molecular formula is C14H23N3O2S. The van der Waals surface area contributed by atoms with E-state index in [2.05, 4.69) is 15.3 Å². The Morgan fingerprint density at radius 3 is 2.70 bits per heavy atom. The van der Waals surface area contributed by atoms with Gasteiger partial charge in [-0.25, -0.2) is 4.98 Å². The first-order valence-electron chi connectivity index (χ1n) is 7.21. The molecule has 0 unspecified atom stereocenters. The van der Waals surface area contributed by atoms with Crippen LogP contribution in [-0.4, -0.2) is 58.6 Å². The molecule has 1 saturated heterocycles. The highest BCUT2D eigenvalue weighted by atomic mass is 32.1. The minimum atomic E-state index is 0.175. The zero-order valence-corrected chi connectivity index (χ0v) is 12.9. The highest BCUT2D eigenvalue weighted by Crippen LogP contribution is 2.13. The summed E-state index contributed by atoms with van der Waals surface area (Å²) in [6.45, 7) is 6.54. The van der Waals surface area contributed by atoms with Crippen LogP contribution in [0.25, 0.3) is 0 Å². The summed E-state index contributed by atoms with van der Waals surface area (Å²) in [7, 11) is 0. The van der Waals surface area contributed by atoms with E-state index in [-0.39, 0.29) is 12.5 Å². The maximum Gasteiger partial charge on any atom is 0.222 e. The van der Waals surface area contributed by atoms with Crippen LogP contribution >= 0.6 is 11.3 Å². The van der Waals surface area contributed by atoms with E-state index in [1.54, 1.807) is 11.3 Å². The minimum absolute atomic E-state index is 0.175. The average Bonchev–Trinajstić information content (AvgIpc) is 2.85. The summed E-state index contributed by atoms with van der Waals surface area (Å²) in [5.41, 5.74) is 1.13. The molecule has 2 heterocycles. The van der Waals surface area contributed by atoms with Gasteiger partial charge < -0.3 is 10.0 Å². The number of carbonyl (C=O) groups is 1. The number of aryl methyl sites for hydroxylation is 1. The molecule has 20 heavy (non-hydrogen) atoms. The van der Waals surface area contributed by atoms with E-state index < -0.39 is 0 Å². The molecule has 1 amide bonds. The third-order valence-corrected chi connectivity index (χ3v) is 4.40. The number of piperazine rings is 1. The first kappa shape index (κ1) is 15.4. The van der Waals surface area contributed by atoms with Gasteiger partial charge in [-0.15, -0.1) is 11.3 Å². The Balaban J connectivity index is 1.70. The largest absolute Gasteiger partial charge is 0.396 e. The lowest BCUT2D eigenvalue weighted by atomic mass is 10.2. The summed E-state index contributed by atoms with van der Waals surface area (Å²) in [6.07, 6.45) is 2.06. The predicted molar refractivity (Wildman–Crippen MR) is 79.6 cm³/mol. The van der Waals surface area contributed by atoms with E-state index in [0.29, 0.717) is 6.42 Å². The van der Waals surface area contributed by atoms with Crippen molar-refractivity contribution in [1.29, 1.82) is 0 Å². The Hall–Kier alpha value is -0.980. The van der Waals surface area contributed by atoms with E-state index in [9.17, 15) is 4.79 Å². The maximum atomic E-state index is 12.0. The molecule has 2 rings (SSSR count). The Morgan fingerprint density at radius 1 is 1.35 bits per heavy atom. The molecular weight excluding hydrogens is 274 g/mol. The Labute approximate surface area is 124 Å². The molecule has 0 aromatic carbocycles. The fourth-order valence-corrected chi connectivity index (χ4v) is 3.02. The van der Waals surface area contributed by atoms with Crippen molar-refractivity contribution >= 4 is 17.2 Å². The average molecular weight is 297 g/mol. The number of rotatable bonds is 6. The summed E-state index contributed by atoms with van der Waals surface area (Å²) in [6, 6.07) is 0. The lowest BCUT2D eigenvalue weighted by molar-refractivity contribution is -0.133. The SMILES string of the molecule is Cc1nc(CN2CCN(C(=O)CCCCO)CC2)cs1. The maximum absolute atomic E-state index is 12.0. The quantitative estimate of drug-likeness (QED) is 0.803. The molecule has 1 fully saturated rings. The molecule has 6 heteroatoms. The first-order valence-corrected chi connectivity index (χ1v) is 8.09. The van der Waals surface area contributed by atoms with E-state index in [1.165, 1.54) is 0 Å². The molecule has 112 valence electrons. The molecule has 1 aliphatic heterocycles. The van der Waals surface area contributed by atoms with Gasteiger partial charge in [-0.1, -0.05) is 0 Å². The molecule has 0 radical (unpaired) electrons. The highest BCUT2D eigenvalue weighted by Gasteiger charge is 2.21. The van der Waals surface area contributed by atoms with Crippen molar-refractivity contribution in [3.05, 3.63) is 16.1 Å². The van der Waals surface area contributed by atoms with Gasteiger partial charge in [-0.2, -0.15) is 0 Å². The second-order valence-corrected chi connectivity index (χ2v) is 6.26. The lowest BCUT2D eigenvalue weighted by Crippen LogP contribution is -2.48. The van der Waals surface area contributed by atoms with E-state index >= 15 is 0 Å². The molecule has 1 aromatic heterocycles. The highest BCUT2D eigenvalue weighted by molar-refractivity contribution is 7.09. The molecule has 1 aliphatic rings. The molecule has 1 N–H and O–H groups in total. The Kier molecular flexibility index (Phi) is 5.94. The molecule has 0 saturated carbocycles. The van der Waals surface area contributed by atoms with E-state index in [0.717, 1.165) is 56.3 Å². The number of nitrogens with zero attached hydrogens (tertiary/aromatic N) is 3. The summed E-state index contributed by atoms with van der Waals surface area (Å²) in [5, 5.41) is 12.0. The number of aliphatic hydroxyl groups is 1. The second kappa shape index (κ2) is 7.71. The van der Waals surface area contributed by atoms with Crippen LogP contribution in [0, 0.1) is 6.92 Å². The van der Waals surface area contributed by atoms with Gasteiger partial charge in [0.1, 0.15) is 0 Å². The number of unbranched alkanes of at least 4 members (excludes halogenated alkanes) is 1. The number of amides is 1. The van der Waals surface area contributed by atoms with Gasteiger partial charge >= 0.3 is 0 Å².